The summed E-state index contributed by atoms with van der Waals surface area (Å²) in [5.74, 6) is -12.2. The quantitative estimate of drug-likeness (QED) is 0.0132. The Morgan fingerprint density at radius 2 is 0.816 bits per heavy atom. The van der Waals surface area contributed by atoms with E-state index in [1.807, 2.05) is 80.6 Å². The molecule has 28 nitrogen and oxygen atoms in total. The topological polar surface area (TPSA) is 399 Å². The summed E-state index contributed by atoms with van der Waals surface area (Å²) in [6.07, 6.45) is 30.0. The van der Waals surface area contributed by atoms with E-state index in [1.54, 1.807) is 27.8 Å². The summed E-state index contributed by atoms with van der Waals surface area (Å²) in [5.41, 5.74) is 6.78. The predicted molar refractivity (Wildman–Crippen MR) is 526 cm³/mol. The normalized spacial score (nSPS) is 17.5. The van der Waals surface area contributed by atoms with Crippen molar-refractivity contribution >= 4 is 82.3 Å². The van der Waals surface area contributed by atoms with Crippen LogP contribution in [0.5, 0.6) is 11.5 Å². The summed E-state index contributed by atoms with van der Waals surface area (Å²) in [6, 6.07) is 20.3. The zero-order valence-corrected chi connectivity index (χ0v) is 83.5. The monoisotopic (exact) mass is 1890 g/mol. The number of carboxylic acid groups (broad SMARTS) is 1. The van der Waals surface area contributed by atoms with Gasteiger partial charge in [0.1, 0.15) is 47.8 Å². The summed E-state index contributed by atoms with van der Waals surface area (Å²) >= 11 is 0. The molecule has 0 radical (unpaired) electrons. The number of phenolic OH excluding ortho intramolecular Hbond substituents is 2. The van der Waals surface area contributed by atoms with E-state index in [0.717, 1.165) is 76.8 Å². The first-order valence-electron chi connectivity index (χ1n) is 49.6. The highest BCUT2D eigenvalue weighted by molar-refractivity contribution is 6.00. The molecule has 8 N–H and O–H groups in total. The Labute approximate surface area is 806 Å². The van der Waals surface area contributed by atoms with E-state index < -0.39 is 156 Å². The minimum Gasteiger partial charge on any atom is -0.507 e. The van der Waals surface area contributed by atoms with E-state index in [9.17, 15) is 87.5 Å². The number of nitrogens with zero attached hydrogens (tertiary/aromatic N) is 4. The maximum Gasteiger partial charge on any atom is 0.328 e. The number of hydrogen-bond acceptors (Lipinski definition) is 19. The number of aliphatic hydroxyl groups is 1. The first-order chi connectivity index (χ1) is 64.9. The largest absolute Gasteiger partial charge is 0.507 e. The zero-order valence-electron chi connectivity index (χ0n) is 83.5. The van der Waals surface area contributed by atoms with Gasteiger partial charge in [0.2, 0.25) is 47.3 Å². The molecule has 748 valence electrons. The molecule has 8 amide bonds. The summed E-state index contributed by atoms with van der Waals surface area (Å²) in [6.45, 7) is 17.0. The molecule has 0 saturated heterocycles. The van der Waals surface area contributed by atoms with E-state index in [4.69, 9.17) is 9.47 Å². The lowest BCUT2D eigenvalue weighted by Crippen LogP contribution is -2.53. The van der Waals surface area contributed by atoms with E-state index >= 15 is 0 Å². The third-order valence-corrected chi connectivity index (χ3v) is 26.6. The Morgan fingerprint density at radius 3 is 1.25 bits per heavy atom. The number of methoxy groups -OCH3 is 1. The Hall–Kier alpha value is -11.0. The molecule has 0 aliphatic carbocycles. The van der Waals surface area contributed by atoms with Gasteiger partial charge in [-0.05, 0) is 121 Å². The molecule has 5 aromatic carbocycles. The highest BCUT2D eigenvalue weighted by atomic mass is 16.5. The molecule has 8 bridgehead atoms. The van der Waals surface area contributed by atoms with E-state index in [1.165, 1.54) is 216 Å². The van der Waals surface area contributed by atoms with Gasteiger partial charge in [-0.3, -0.25) is 57.5 Å². The molecule has 2 aliphatic rings. The number of rotatable bonds is 51. The first kappa shape index (κ1) is 114. The summed E-state index contributed by atoms with van der Waals surface area (Å²) in [5, 5.41) is 52.4. The lowest BCUT2D eigenvalue weighted by molar-refractivity contribution is -0.146. The molecule has 0 spiro atoms. The van der Waals surface area contributed by atoms with Gasteiger partial charge in [-0.25, -0.2) is 9.59 Å². The number of unbranched alkanes of at least 4 members (excludes halogenated alkanes) is 24. The van der Waals surface area contributed by atoms with Crippen LogP contribution in [-0.2, 0) is 96.0 Å². The molecule has 7 rings (SSSR count). The van der Waals surface area contributed by atoms with Gasteiger partial charge in [0.25, 0.3) is 0 Å². The summed E-state index contributed by atoms with van der Waals surface area (Å²) in [7, 11) is 7.19. The van der Waals surface area contributed by atoms with Crippen LogP contribution in [-0.4, -0.2) is 207 Å². The van der Waals surface area contributed by atoms with Crippen molar-refractivity contribution in [2.45, 2.75) is 342 Å². The number of fused-ring (bicyclic) bond motifs is 10. The van der Waals surface area contributed by atoms with E-state index in [2.05, 4.69) is 35.1 Å². The molecule has 0 aromatic heterocycles. The highest BCUT2D eigenvalue weighted by Gasteiger charge is 2.40. The molecule has 28 heteroatoms. The number of amides is 8. The maximum absolute atomic E-state index is 14.4. The Morgan fingerprint density at radius 1 is 0.456 bits per heavy atom. The van der Waals surface area contributed by atoms with Crippen molar-refractivity contribution in [2.24, 2.45) is 23.7 Å². The van der Waals surface area contributed by atoms with Crippen LogP contribution in [0.2, 0.25) is 0 Å². The SMILES string of the molecule is CCCCCCCCCCCCCCCC(=O)N(C)[C@H](CO)C(=O)N[C@H](C)C(=O)C[C@H](C)C(=O)N(C)[C@@H]1C(=O)C[C@@H](C)C(=O)N[C@H](C(=O)O)Cc2ccc(O)c(c2)-c2cc1ccc2O.CCCCCCCCCCCCCCCC(=O)N(C)[C@H](COCc1ccccc1)C(=O)N[C@H](C)C(=O)C[C@H](C)C(=O)N(C)[C@@H]1C(=O)C[C@@H](C)C(=O)N[C@H](C(=O)OC)Cc2ccc(C)c(c2)-c2cc1ccc2C. The number of likely N-dealkylation sites (N-methyl/N-ethyl adjacent to an activating group) is 4. The van der Waals surface area contributed by atoms with Crippen molar-refractivity contribution in [2.75, 3.05) is 48.5 Å². The van der Waals surface area contributed by atoms with Crippen LogP contribution < -0.4 is 21.3 Å². The number of nitrogens with one attached hydrogen (secondary N) is 4. The molecule has 2 aliphatic heterocycles. The van der Waals surface area contributed by atoms with Gasteiger partial charge < -0.3 is 70.8 Å². The number of carboxylic acids is 1. The molecule has 0 fully saturated rings. The van der Waals surface area contributed by atoms with Crippen molar-refractivity contribution in [1.29, 1.82) is 0 Å². The van der Waals surface area contributed by atoms with Gasteiger partial charge >= 0.3 is 11.9 Å². The number of carbonyl (C=O) groups is 14. The first-order valence-corrected chi connectivity index (χ1v) is 49.6. The maximum atomic E-state index is 14.4. The smallest absolute Gasteiger partial charge is 0.328 e. The molecular formula is C108H156N8O20. The molecule has 0 saturated carbocycles. The van der Waals surface area contributed by atoms with Crippen LogP contribution in [0, 0.1) is 37.5 Å². The molecule has 5 aromatic rings. The molecule has 2 heterocycles. The van der Waals surface area contributed by atoms with Crippen molar-refractivity contribution in [1.82, 2.24) is 40.9 Å². The highest BCUT2D eigenvalue weighted by Crippen LogP contribution is 2.41. The standard InChI is InChI=1S/C59H84N4O9.C49H72N4O11/c1-10-11-12-13-14-15-16-17-18-19-20-21-25-28-54(66)62(7)51(39-72-38-45-26-23-22-24-27-45)57(68)60-44(6)52(64)34-43(5)58(69)63(8)55-47-32-30-41(3)49(37-47)48-35-46(31-29-40(48)2)36-50(59(70)71-9)61-56(67)42(4)33-53(55)65;1-7-8-9-10-11-12-13-14-15-16-17-18-19-20-44(59)52(5)39(30-54)47(61)50-33(4)42(57)26-32(3)48(62)53(6)45-35-22-24-41(56)37(29-35)36-27-34(21-23-40(36)55)28-38(49(63)64)51-46(60)31(2)25-43(45)58/h22-24,26-27,29-32,35,37,42-44,50-51,55H,10-21,25,28,33-34,36,38-39H2,1-9H3,(H,60,68)(H,61,67);21-24,27,29,31-33,38-39,45,54-56H,7-20,25-26,28,30H2,1-6H3,(H,50,61)(H,51,60)(H,63,64)/t42-,43+,44-,50+,51-,55+;31-,32+,33-,38+,39-,45+/m11/s1. The Bertz CT molecular complexity index is 4770. The van der Waals surface area contributed by atoms with E-state index in [-0.39, 0.29) is 91.7 Å². The summed E-state index contributed by atoms with van der Waals surface area (Å²) in [4.78, 5) is 195. The van der Waals surface area contributed by atoms with Gasteiger partial charge in [-0.2, -0.15) is 0 Å². The average Bonchev–Trinajstić information content (AvgIpc) is 0.786. The second-order valence-corrected chi connectivity index (χ2v) is 37.9. The molecule has 136 heavy (non-hydrogen) atoms. The van der Waals surface area contributed by atoms with Crippen LogP contribution in [0.3, 0.4) is 0 Å². The van der Waals surface area contributed by atoms with Crippen molar-refractivity contribution in [3.05, 3.63) is 142 Å². The number of aliphatic hydroxyl groups excluding tert-OH is 1. The predicted octanol–water partition coefficient (Wildman–Crippen LogP) is 16.3. The molecule has 12 atom stereocenters. The van der Waals surface area contributed by atoms with Crippen LogP contribution in [0.4, 0.5) is 0 Å². The van der Waals surface area contributed by atoms with Gasteiger partial charge in [0.05, 0.1) is 39.0 Å². The third kappa shape index (κ3) is 36.2. The van der Waals surface area contributed by atoms with Crippen molar-refractivity contribution in [3.63, 3.8) is 0 Å². The number of ether oxygens (including phenoxy) is 2. The Kier molecular flexibility index (Phi) is 49.5. The fourth-order valence-corrected chi connectivity index (χ4v) is 17.7. The molecular weight excluding hydrogens is 1730 g/mol. The van der Waals surface area contributed by atoms with Gasteiger partial charge in [-0.1, -0.05) is 268 Å². The number of benzene rings is 5. The minimum atomic E-state index is -1.37. The number of esters is 1. The lowest BCUT2D eigenvalue weighted by atomic mass is 9.87. The number of ketones is 4. The van der Waals surface area contributed by atoms with Gasteiger partial charge in [0.15, 0.2) is 23.1 Å². The fraction of sp³-hybridized carbons (Fsp3) is 0.593. The molecule has 0 unspecified atom stereocenters. The number of aryl methyl sites for hydroxylation is 2. The minimum absolute atomic E-state index is 0.0878. The van der Waals surface area contributed by atoms with Gasteiger partial charge in [-0.15, -0.1) is 0 Å². The number of aliphatic carboxylic acids is 1. The Balaban J connectivity index is 0.000000421. The fourth-order valence-electron chi connectivity index (χ4n) is 17.7. The van der Waals surface area contributed by atoms with Crippen LogP contribution in [0.25, 0.3) is 22.3 Å². The second-order valence-electron chi connectivity index (χ2n) is 37.9. The number of phenols is 2. The van der Waals surface area contributed by atoms with Crippen LogP contribution in [0.1, 0.15) is 312 Å². The number of hydrogen-bond donors (Lipinski definition) is 8. The van der Waals surface area contributed by atoms with Crippen molar-refractivity contribution < 1.29 is 97.0 Å². The zero-order chi connectivity index (χ0) is 100. The second kappa shape index (κ2) is 59.2. The number of aromatic hydroxyl groups is 2. The van der Waals surface area contributed by atoms with Crippen molar-refractivity contribution in [3.8, 4) is 33.8 Å². The average molecular weight is 1890 g/mol. The van der Waals surface area contributed by atoms with Crippen LogP contribution >= 0.6 is 0 Å². The lowest BCUT2D eigenvalue weighted by Gasteiger charge is -2.31. The number of carbonyl (C=O) groups excluding carboxylic acids is 13. The number of Topliss-reactive ketones (excluding diaryl/α,β-unsaturated/α-hetero) is 4. The third-order valence-electron chi connectivity index (χ3n) is 26.6. The van der Waals surface area contributed by atoms with Gasteiger partial charge in [0, 0.05) is 114 Å². The van der Waals surface area contributed by atoms with Crippen LogP contribution in [0.15, 0.2) is 103 Å². The van der Waals surface area contributed by atoms with E-state index in [0.29, 0.717) is 30.4 Å². The summed E-state index contributed by atoms with van der Waals surface area (Å²) < 4.78 is 11.0.